The van der Waals surface area contributed by atoms with E-state index in [2.05, 4.69) is 5.32 Å². The maximum Gasteiger partial charge on any atom is 0.308 e. The van der Waals surface area contributed by atoms with E-state index in [4.69, 9.17) is 0 Å². The van der Waals surface area contributed by atoms with Crippen molar-refractivity contribution in [2.45, 2.75) is 43.9 Å². The molecule has 148 valence electrons. The van der Waals surface area contributed by atoms with Crippen molar-refractivity contribution in [1.82, 2.24) is 9.62 Å². The largest absolute Gasteiger partial charge is 0.481 e. The summed E-state index contributed by atoms with van der Waals surface area (Å²) >= 11 is 0. The quantitative estimate of drug-likeness (QED) is 0.763. The Kier molecular flexibility index (Phi) is 6.16. The molecule has 1 saturated heterocycles. The van der Waals surface area contributed by atoms with Gasteiger partial charge >= 0.3 is 5.97 Å². The van der Waals surface area contributed by atoms with Crippen molar-refractivity contribution in [1.29, 1.82) is 0 Å². The highest BCUT2D eigenvalue weighted by Gasteiger charge is 2.37. The van der Waals surface area contributed by atoms with E-state index in [0.717, 1.165) is 12.0 Å². The summed E-state index contributed by atoms with van der Waals surface area (Å²) in [6, 6.07) is 8.64. The number of piperidine rings is 1. The van der Waals surface area contributed by atoms with Crippen LogP contribution in [0, 0.1) is 11.8 Å². The first-order valence-electron chi connectivity index (χ1n) is 9.42. The van der Waals surface area contributed by atoms with E-state index in [1.165, 1.54) is 4.31 Å². The molecule has 1 unspecified atom stereocenters. The molecule has 3 atom stereocenters. The van der Waals surface area contributed by atoms with Crippen molar-refractivity contribution in [3.63, 3.8) is 0 Å². The Labute approximate surface area is 159 Å². The monoisotopic (exact) mass is 394 g/mol. The minimum absolute atomic E-state index is 0.0775. The Balaban J connectivity index is 1.61. The molecular formula is C19H26N2O5S. The number of amides is 1. The van der Waals surface area contributed by atoms with Crippen LogP contribution in [0.1, 0.15) is 37.7 Å². The summed E-state index contributed by atoms with van der Waals surface area (Å²) in [5.74, 6) is -2.16. The lowest BCUT2D eigenvalue weighted by molar-refractivity contribution is -0.142. The lowest BCUT2D eigenvalue weighted by Crippen LogP contribution is -2.49. The van der Waals surface area contributed by atoms with E-state index >= 15 is 0 Å². The highest BCUT2D eigenvalue weighted by molar-refractivity contribution is 7.88. The Hall–Kier alpha value is -1.93. The fraction of sp³-hybridized carbons (Fsp3) is 0.579. The van der Waals surface area contributed by atoms with Crippen molar-refractivity contribution in [2.75, 3.05) is 13.1 Å². The molecule has 0 bridgehead atoms. The summed E-state index contributed by atoms with van der Waals surface area (Å²) < 4.78 is 26.9. The van der Waals surface area contributed by atoms with Gasteiger partial charge in [0, 0.05) is 19.1 Å². The van der Waals surface area contributed by atoms with Gasteiger partial charge in [0.15, 0.2) is 0 Å². The standard InChI is InChI=1S/C19H26N2O5S/c22-18(20-17-10-4-9-16(17)19(23)24)15-8-5-11-21(12-15)27(25,26)13-14-6-2-1-3-7-14/h1-3,6-7,15-17H,4-5,8-13H2,(H,20,22)(H,23,24)/t15?,16-,17+/m1/s1. The average Bonchev–Trinajstić information content (AvgIpc) is 3.11. The molecule has 2 aliphatic rings. The molecule has 1 aromatic rings. The third kappa shape index (κ3) is 4.87. The van der Waals surface area contributed by atoms with E-state index in [-0.39, 0.29) is 24.2 Å². The minimum atomic E-state index is -3.50. The van der Waals surface area contributed by atoms with Gasteiger partial charge in [0.25, 0.3) is 0 Å². The second-order valence-corrected chi connectivity index (χ2v) is 9.40. The van der Waals surface area contributed by atoms with Crippen LogP contribution in [0.25, 0.3) is 0 Å². The molecule has 0 aromatic heterocycles. The summed E-state index contributed by atoms with van der Waals surface area (Å²) in [4.78, 5) is 23.9. The Morgan fingerprint density at radius 2 is 1.85 bits per heavy atom. The van der Waals surface area contributed by atoms with Crippen molar-refractivity contribution < 1.29 is 23.1 Å². The lowest BCUT2D eigenvalue weighted by atomic mass is 9.97. The molecule has 8 heteroatoms. The number of rotatable bonds is 6. The predicted octanol–water partition coefficient (Wildman–Crippen LogP) is 1.60. The highest BCUT2D eigenvalue weighted by Crippen LogP contribution is 2.27. The smallest absolute Gasteiger partial charge is 0.308 e. The van der Waals surface area contributed by atoms with Crippen LogP contribution in [0.5, 0.6) is 0 Å². The van der Waals surface area contributed by atoms with Crippen LogP contribution in [-0.2, 0) is 25.4 Å². The summed E-state index contributed by atoms with van der Waals surface area (Å²) in [7, 11) is -3.50. The SMILES string of the molecule is O=C(N[C@H]1CCC[C@H]1C(=O)O)C1CCCN(S(=O)(=O)Cc2ccccc2)C1. The van der Waals surface area contributed by atoms with E-state index in [1.54, 1.807) is 24.3 Å². The predicted molar refractivity (Wildman–Crippen MR) is 100 cm³/mol. The Morgan fingerprint density at radius 3 is 2.56 bits per heavy atom. The molecule has 27 heavy (non-hydrogen) atoms. The first kappa shape index (κ1) is 19.8. The Bertz CT molecular complexity index is 781. The van der Waals surface area contributed by atoms with Crippen LogP contribution in [0.15, 0.2) is 30.3 Å². The van der Waals surface area contributed by atoms with Gasteiger partial charge in [-0.15, -0.1) is 0 Å². The fourth-order valence-electron chi connectivity index (χ4n) is 4.01. The van der Waals surface area contributed by atoms with Crippen LogP contribution in [0.3, 0.4) is 0 Å². The fourth-order valence-corrected chi connectivity index (χ4v) is 5.62. The van der Waals surface area contributed by atoms with Gasteiger partial charge in [0.1, 0.15) is 0 Å². The van der Waals surface area contributed by atoms with Gasteiger partial charge in [-0.1, -0.05) is 36.8 Å². The molecule has 1 saturated carbocycles. The van der Waals surface area contributed by atoms with Crippen molar-refractivity contribution in [3.05, 3.63) is 35.9 Å². The molecule has 2 fully saturated rings. The third-order valence-corrected chi connectivity index (χ3v) is 7.32. The number of hydrogen-bond donors (Lipinski definition) is 2. The second kappa shape index (κ2) is 8.39. The second-order valence-electron chi connectivity index (χ2n) is 7.43. The van der Waals surface area contributed by atoms with Gasteiger partial charge in [-0.05, 0) is 31.2 Å². The van der Waals surface area contributed by atoms with Gasteiger partial charge in [-0.3, -0.25) is 9.59 Å². The average molecular weight is 394 g/mol. The normalized spacial score (nSPS) is 26.6. The van der Waals surface area contributed by atoms with E-state index in [0.29, 0.717) is 32.2 Å². The summed E-state index contributed by atoms with van der Waals surface area (Å²) in [6.07, 6.45) is 3.25. The number of nitrogens with one attached hydrogen (secondary N) is 1. The van der Waals surface area contributed by atoms with Crippen LogP contribution in [0.4, 0.5) is 0 Å². The molecule has 1 aromatic carbocycles. The maximum absolute atomic E-state index is 12.7. The summed E-state index contributed by atoms with van der Waals surface area (Å²) in [5, 5.41) is 12.1. The van der Waals surface area contributed by atoms with Gasteiger partial charge < -0.3 is 10.4 Å². The first-order valence-corrected chi connectivity index (χ1v) is 11.0. The topological polar surface area (TPSA) is 104 Å². The number of carbonyl (C=O) groups excluding carboxylic acids is 1. The molecule has 1 heterocycles. The number of aliphatic carboxylic acids is 1. The molecule has 1 aliphatic carbocycles. The highest BCUT2D eigenvalue weighted by atomic mass is 32.2. The minimum Gasteiger partial charge on any atom is -0.481 e. The molecule has 1 amide bonds. The van der Waals surface area contributed by atoms with E-state index in [9.17, 15) is 23.1 Å². The number of carbonyl (C=O) groups is 2. The zero-order valence-corrected chi connectivity index (χ0v) is 16.0. The zero-order valence-electron chi connectivity index (χ0n) is 15.2. The van der Waals surface area contributed by atoms with Gasteiger partial charge in [0.05, 0.1) is 17.6 Å². The third-order valence-electron chi connectivity index (χ3n) is 5.50. The summed E-state index contributed by atoms with van der Waals surface area (Å²) in [5.41, 5.74) is 0.722. The lowest BCUT2D eigenvalue weighted by Gasteiger charge is -2.32. The van der Waals surface area contributed by atoms with E-state index in [1.807, 2.05) is 6.07 Å². The molecule has 1 aliphatic heterocycles. The van der Waals surface area contributed by atoms with Crippen LogP contribution < -0.4 is 5.32 Å². The number of hydrogen-bond acceptors (Lipinski definition) is 4. The zero-order chi connectivity index (χ0) is 19.4. The summed E-state index contributed by atoms with van der Waals surface area (Å²) in [6.45, 7) is 0.575. The van der Waals surface area contributed by atoms with Gasteiger partial charge in [-0.25, -0.2) is 12.7 Å². The van der Waals surface area contributed by atoms with Crippen LogP contribution in [-0.4, -0.2) is 48.8 Å². The van der Waals surface area contributed by atoms with Crippen molar-refractivity contribution in [2.24, 2.45) is 11.8 Å². The van der Waals surface area contributed by atoms with Crippen molar-refractivity contribution >= 4 is 21.9 Å². The molecule has 0 radical (unpaired) electrons. The maximum atomic E-state index is 12.7. The molecule has 7 nitrogen and oxygen atoms in total. The Morgan fingerprint density at radius 1 is 1.11 bits per heavy atom. The molecular weight excluding hydrogens is 368 g/mol. The number of sulfonamides is 1. The number of carboxylic acid groups (broad SMARTS) is 1. The van der Waals surface area contributed by atoms with Crippen LogP contribution in [0.2, 0.25) is 0 Å². The van der Waals surface area contributed by atoms with Crippen LogP contribution >= 0.6 is 0 Å². The number of nitrogens with zero attached hydrogens (tertiary/aromatic N) is 1. The van der Waals surface area contributed by atoms with Gasteiger partial charge in [-0.2, -0.15) is 0 Å². The molecule has 0 spiro atoms. The first-order chi connectivity index (χ1) is 12.9. The van der Waals surface area contributed by atoms with Crippen molar-refractivity contribution in [3.8, 4) is 0 Å². The van der Waals surface area contributed by atoms with E-state index < -0.39 is 27.8 Å². The molecule has 3 rings (SSSR count). The molecule has 2 N–H and O–H groups in total. The number of benzene rings is 1. The van der Waals surface area contributed by atoms with Gasteiger partial charge in [0.2, 0.25) is 15.9 Å². The number of carboxylic acids is 1.